The standard InChI is InChI=1S/C21H22FN5O2S/c1-2-27-12-17(11-23-27)24-19(28)14-7-9-26(10-8-14)21(29)18-13-30-20(25-18)15-3-5-16(22)6-4-15/h3-6,11-14H,2,7-10H2,1H3,(H,24,28). The molecule has 1 aromatic carbocycles. The van der Waals surface area contributed by atoms with Crippen LogP contribution in [-0.2, 0) is 11.3 Å². The molecule has 1 fully saturated rings. The van der Waals surface area contributed by atoms with Gasteiger partial charge in [-0.05, 0) is 44.0 Å². The molecular formula is C21H22FN5O2S. The molecule has 1 N–H and O–H groups in total. The number of hydrogen-bond acceptors (Lipinski definition) is 5. The highest BCUT2D eigenvalue weighted by atomic mass is 32.1. The minimum atomic E-state index is -0.308. The quantitative estimate of drug-likeness (QED) is 0.674. The molecular weight excluding hydrogens is 405 g/mol. The van der Waals surface area contributed by atoms with Crippen LogP contribution in [0.3, 0.4) is 0 Å². The summed E-state index contributed by atoms with van der Waals surface area (Å²) in [5.74, 6) is -0.616. The van der Waals surface area contributed by atoms with Crippen LogP contribution >= 0.6 is 11.3 Å². The molecule has 156 valence electrons. The van der Waals surface area contributed by atoms with Gasteiger partial charge in [0.2, 0.25) is 5.91 Å². The van der Waals surface area contributed by atoms with Crippen molar-refractivity contribution in [2.45, 2.75) is 26.3 Å². The van der Waals surface area contributed by atoms with E-state index >= 15 is 0 Å². The number of amides is 2. The highest BCUT2D eigenvalue weighted by Crippen LogP contribution is 2.26. The Balaban J connectivity index is 1.33. The Morgan fingerprint density at radius 3 is 2.63 bits per heavy atom. The van der Waals surface area contributed by atoms with E-state index in [1.807, 2.05) is 6.92 Å². The molecule has 9 heteroatoms. The number of benzene rings is 1. The summed E-state index contributed by atoms with van der Waals surface area (Å²) in [6.07, 6.45) is 4.65. The maximum atomic E-state index is 13.1. The number of aromatic nitrogens is 3. The predicted octanol–water partition coefficient (Wildman–Crippen LogP) is 3.66. The van der Waals surface area contributed by atoms with E-state index in [2.05, 4.69) is 15.4 Å². The third-order valence-electron chi connectivity index (χ3n) is 5.19. The Bertz CT molecular complexity index is 1040. The first-order valence-corrected chi connectivity index (χ1v) is 10.8. The number of aryl methyl sites for hydroxylation is 1. The summed E-state index contributed by atoms with van der Waals surface area (Å²) in [6, 6.07) is 6.05. The second kappa shape index (κ2) is 8.74. The van der Waals surface area contributed by atoms with Crippen LogP contribution in [0.5, 0.6) is 0 Å². The Morgan fingerprint density at radius 2 is 1.97 bits per heavy atom. The van der Waals surface area contributed by atoms with Crippen molar-refractivity contribution >= 4 is 28.8 Å². The van der Waals surface area contributed by atoms with Gasteiger partial charge in [-0.1, -0.05) is 0 Å². The van der Waals surface area contributed by atoms with E-state index in [0.717, 1.165) is 12.1 Å². The van der Waals surface area contributed by atoms with Gasteiger partial charge in [-0.25, -0.2) is 9.37 Å². The molecule has 4 rings (SSSR count). The van der Waals surface area contributed by atoms with Gasteiger partial charge in [-0.2, -0.15) is 5.10 Å². The number of carbonyl (C=O) groups excluding carboxylic acids is 2. The van der Waals surface area contributed by atoms with Crippen LogP contribution in [-0.4, -0.2) is 44.6 Å². The fourth-order valence-corrected chi connectivity index (χ4v) is 4.25. The van der Waals surface area contributed by atoms with Crippen LogP contribution in [0, 0.1) is 11.7 Å². The molecule has 7 nitrogen and oxygen atoms in total. The van der Waals surface area contributed by atoms with Gasteiger partial charge in [0.15, 0.2) is 0 Å². The van der Waals surface area contributed by atoms with Crippen LogP contribution in [0.15, 0.2) is 42.0 Å². The van der Waals surface area contributed by atoms with Gasteiger partial charge in [-0.15, -0.1) is 11.3 Å². The molecule has 1 saturated heterocycles. The van der Waals surface area contributed by atoms with Crippen LogP contribution in [0.25, 0.3) is 10.6 Å². The fourth-order valence-electron chi connectivity index (χ4n) is 3.45. The lowest BCUT2D eigenvalue weighted by atomic mass is 9.95. The fraction of sp³-hybridized carbons (Fsp3) is 0.333. The molecule has 1 aliphatic rings. The highest BCUT2D eigenvalue weighted by Gasteiger charge is 2.29. The molecule has 3 heterocycles. The monoisotopic (exact) mass is 427 g/mol. The van der Waals surface area contributed by atoms with Crippen molar-refractivity contribution in [1.29, 1.82) is 0 Å². The van der Waals surface area contributed by atoms with Crippen molar-refractivity contribution in [3.63, 3.8) is 0 Å². The summed E-state index contributed by atoms with van der Waals surface area (Å²) in [6.45, 7) is 3.75. The number of piperidine rings is 1. The second-order valence-electron chi connectivity index (χ2n) is 7.19. The Labute approximate surface area is 177 Å². The number of hydrogen-bond donors (Lipinski definition) is 1. The minimum absolute atomic E-state index is 0.0370. The summed E-state index contributed by atoms with van der Waals surface area (Å²) in [5.41, 5.74) is 1.85. The van der Waals surface area contributed by atoms with Crippen LogP contribution in [0.2, 0.25) is 0 Å². The average molecular weight is 428 g/mol. The number of anilines is 1. The number of likely N-dealkylation sites (tertiary alicyclic amines) is 1. The van der Waals surface area contributed by atoms with Crippen molar-refractivity contribution < 1.29 is 14.0 Å². The van der Waals surface area contributed by atoms with Crippen LogP contribution < -0.4 is 5.32 Å². The third kappa shape index (κ3) is 4.40. The summed E-state index contributed by atoms with van der Waals surface area (Å²) < 4.78 is 14.9. The summed E-state index contributed by atoms with van der Waals surface area (Å²) in [5, 5.41) is 9.47. The molecule has 0 aliphatic carbocycles. The zero-order valence-corrected chi connectivity index (χ0v) is 17.4. The first-order valence-electron chi connectivity index (χ1n) is 9.87. The Kier molecular flexibility index (Phi) is 5.89. The van der Waals surface area contributed by atoms with E-state index in [4.69, 9.17) is 0 Å². The molecule has 0 spiro atoms. The summed E-state index contributed by atoms with van der Waals surface area (Å²) in [7, 11) is 0. The summed E-state index contributed by atoms with van der Waals surface area (Å²) in [4.78, 5) is 31.5. The van der Waals surface area contributed by atoms with E-state index in [0.29, 0.717) is 42.3 Å². The lowest BCUT2D eigenvalue weighted by molar-refractivity contribution is -0.121. The van der Waals surface area contributed by atoms with E-state index in [-0.39, 0.29) is 23.5 Å². The zero-order chi connectivity index (χ0) is 21.1. The number of thiazole rings is 1. The Morgan fingerprint density at radius 1 is 1.23 bits per heavy atom. The van der Waals surface area contributed by atoms with Crippen LogP contribution in [0.1, 0.15) is 30.3 Å². The first kappa shape index (κ1) is 20.2. The third-order valence-corrected chi connectivity index (χ3v) is 6.08. The average Bonchev–Trinajstić information content (AvgIpc) is 3.43. The number of carbonyl (C=O) groups is 2. The maximum absolute atomic E-state index is 13.1. The first-order chi connectivity index (χ1) is 14.5. The van der Waals surface area contributed by atoms with E-state index in [9.17, 15) is 14.0 Å². The SMILES string of the molecule is CCn1cc(NC(=O)C2CCN(C(=O)c3csc(-c4ccc(F)cc4)n3)CC2)cn1. The summed E-state index contributed by atoms with van der Waals surface area (Å²) >= 11 is 1.36. The molecule has 2 aromatic heterocycles. The van der Waals surface area contributed by atoms with Crippen molar-refractivity contribution in [2.24, 2.45) is 5.92 Å². The van der Waals surface area contributed by atoms with Crippen molar-refractivity contribution in [1.82, 2.24) is 19.7 Å². The molecule has 30 heavy (non-hydrogen) atoms. The van der Waals surface area contributed by atoms with E-state index in [1.54, 1.807) is 39.5 Å². The van der Waals surface area contributed by atoms with Gasteiger partial charge in [0.05, 0.1) is 11.9 Å². The van der Waals surface area contributed by atoms with Gasteiger partial charge < -0.3 is 10.2 Å². The Hall–Kier alpha value is -3.07. The molecule has 0 bridgehead atoms. The van der Waals surface area contributed by atoms with Gasteiger partial charge >= 0.3 is 0 Å². The molecule has 2 amide bonds. The molecule has 0 radical (unpaired) electrons. The highest BCUT2D eigenvalue weighted by molar-refractivity contribution is 7.13. The molecule has 0 saturated carbocycles. The molecule has 0 unspecified atom stereocenters. The lowest BCUT2D eigenvalue weighted by Gasteiger charge is -2.30. The van der Waals surface area contributed by atoms with Crippen molar-refractivity contribution in [3.05, 3.63) is 53.6 Å². The van der Waals surface area contributed by atoms with Crippen molar-refractivity contribution in [3.8, 4) is 10.6 Å². The number of rotatable bonds is 5. The van der Waals surface area contributed by atoms with Crippen molar-refractivity contribution in [2.75, 3.05) is 18.4 Å². The van der Waals surface area contributed by atoms with Gasteiger partial charge in [0.1, 0.15) is 16.5 Å². The molecule has 1 aliphatic heterocycles. The smallest absolute Gasteiger partial charge is 0.273 e. The van der Waals surface area contributed by atoms with Crippen LogP contribution in [0.4, 0.5) is 10.1 Å². The van der Waals surface area contributed by atoms with E-state index in [1.165, 1.54) is 23.5 Å². The molecule has 0 atom stereocenters. The largest absolute Gasteiger partial charge is 0.337 e. The number of nitrogens with zero attached hydrogens (tertiary/aromatic N) is 4. The normalized spacial score (nSPS) is 14.7. The lowest BCUT2D eigenvalue weighted by Crippen LogP contribution is -2.41. The predicted molar refractivity (Wildman–Crippen MR) is 113 cm³/mol. The van der Waals surface area contributed by atoms with E-state index < -0.39 is 0 Å². The number of halogens is 1. The minimum Gasteiger partial charge on any atom is -0.337 e. The second-order valence-corrected chi connectivity index (χ2v) is 8.04. The number of nitrogens with one attached hydrogen (secondary N) is 1. The van der Waals surface area contributed by atoms with Gasteiger partial charge in [-0.3, -0.25) is 14.3 Å². The van der Waals surface area contributed by atoms with Gasteiger partial charge in [0.25, 0.3) is 5.91 Å². The maximum Gasteiger partial charge on any atom is 0.273 e. The molecule has 3 aromatic rings. The van der Waals surface area contributed by atoms with Gasteiger partial charge in [0, 0.05) is 42.7 Å². The zero-order valence-electron chi connectivity index (χ0n) is 16.5. The topological polar surface area (TPSA) is 80.1 Å².